The summed E-state index contributed by atoms with van der Waals surface area (Å²) in [7, 11) is -6.02. The summed E-state index contributed by atoms with van der Waals surface area (Å²) in [5.74, 6) is -0.944. The zero-order valence-electron chi connectivity index (χ0n) is 45.4. The van der Waals surface area contributed by atoms with E-state index in [1.165, 1.54) is 28.8 Å². The molecule has 3 saturated carbocycles. The van der Waals surface area contributed by atoms with Crippen LogP contribution in [0.3, 0.4) is 0 Å². The van der Waals surface area contributed by atoms with Crippen LogP contribution in [0.25, 0.3) is 32.7 Å². The topological polar surface area (TPSA) is 189 Å². The molecule has 0 bridgehead atoms. The molecule has 3 N–H and O–H groups in total. The van der Waals surface area contributed by atoms with Crippen LogP contribution in [-0.2, 0) is 10.1 Å². The number of alkyl halides is 3. The number of fused-ring (bicyclic) bond motifs is 3. The fraction of sp³-hybridized carbons (Fsp3) is 0.517. The molecule has 428 valence electrons. The van der Waals surface area contributed by atoms with Crippen molar-refractivity contribution >= 4 is 59.9 Å². The van der Waals surface area contributed by atoms with E-state index >= 15 is 4.39 Å². The number of nitrogens with zero attached hydrogens (tertiary/aromatic N) is 7. The standard InChI is InChI=1S/C20H22F4N2O4S.C19H21FN4O.C19H23FN2O2/c1-3-12-6-7-25(10-12)19-11(2)18-14(8-15(19)21)16(30-31(28,29)20(22,23)24)9-17(27)26(18)13-4-5-13;1-11-18-15(13(9-22)6-17(25)24(18)14-2-3-14)7-16(20)19(11)23-5-4-12(8-21)10-23;1-3-12-6-7-21(10-12)19-11(2)18-14(8-15(19)20)16(23)9-17(24)22(18)13-4-5-13/h8-9,12-13H,3-7,10H2,1-2H3;6-7,12,14H,2-5,8,10,21H2,1H3;8-9,12-13,23H,3-7,10H2,1-2H3/t3*12-/m010/s1. The Bertz CT molecular complexity index is 3810. The molecule has 0 amide bonds. The van der Waals surface area contributed by atoms with Crippen molar-refractivity contribution in [1.29, 1.82) is 5.26 Å². The Morgan fingerprint density at radius 3 is 1.36 bits per heavy atom. The van der Waals surface area contributed by atoms with Crippen molar-refractivity contribution in [3.8, 4) is 17.6 Å². The van der Waals surface area contributed by atoms with Crippen molar-refractivity contribution in [3.63, 3.8) is 0 Å². The van der Waals surface area contributed by atoms with E-state index in [4.69, 9.17) is 5.73 Å². The van der Waals surface area contributed by atoms with Crippen LogP contribution in [0, 0.1) is 67.3 Å². The molecule has 15 nitrogen and oxygen atoms in total. The molecule has 3 aromatic carbocycles. The van der Waals surface area contributed by atoms with Crippen molar-refractivity contribution < 1.29 is 44.0 Å². The van der Waals surface area contributed by atoms with Crippen LogP contribution < -0.4 is 41.3 Å². The molecule has 6 aliphatic rings. The monoisotopic (exact) mass is 1130 g/mol. The summed E-state index contributed by atoms with van der Waals surface area (Å²) in [4.78, 5) is 43.7. The van der Waals surface area contributed by atoms with Crippen molar-refractivity contribution in [3.05, 3.63) is 107 Å². The molecule has 80 heavy (non-hydrogen) atoms. The first-order valence-corrected chi connectivity index (χ1v) is 29.1. The molecule has 3 aromatic heterocycles. The van der Waals surface area contributed by atoms with E-state index in [-0.39, 0.29) is 68.8 Å². The molecule has 3 aliphatic heterocycles. The minimum absolute atomic E-state index is 0.131. The van der Waals surface area contributed by atoms with Crippen LogP contribution in [0.4, 0.5) is 43.4 Å². The van der Waals surface area contributed by atoms with Gasteiger partial charge in [-0.15, -0.1) is 0 Å². The first kappa shape index (κ1) is 56.5. The van der Waals surface area contributed by atoms with Crippen LogP contribution in [0.1, 0.15) is 125 Å². The molecule has 3 aliphatic carbocycles. The third-order valence-corrected chi connectivity index (χ3v) is 18.0. The van der Waals surface area contributed by atoms with E-state index in [9.17, 15) is 55.1 Å². The van der Waals surface area contributed by atoms with Crippen molar-refractivity contribution in [2.24, 2.45) is 23.5 Å². The molecule has 0 spiro atoms. The number of aromatic nitrogens is 3. The Balaban J connectivity index is 0.000000136. The normalized spacial score (nSPS) is 20.3. The number of benzene rings is 3. The predicted octanol–water partition coefficient (Wildman–Crippen LogP) is 10.4. The lowest BCUT2D eigenvalue weighted by atomic mass is 10.0. The summed E-state index contributed by atoms with van der Waals surface area (Å²) in [6, 6.07) is 9.24. The van der Waals surface area contributed by atoms with E-state index in [2.05, 4.69) is 16.0 Å². The molecule has 0 radical (unpaired) electrons. The van der Waals surface area contributed by atoms with Gasteiger partial charge in [-0.1, -0.05) is 26.7 Å². The maximum absolute atomic E-state index is 15.2. The number of nitriles is 1. The average molecular weight is 1130 g/mol. The highest BCUT2D eigenvalue weighted by Gasteiger charge is 2.49. The van der Waals surface area contributed by atoms with Crippen LogP contribution in [0.2, 0.25) is 0 Å². The summed E-state index contributed by atoms with van der Waals surface area (Å²) >= 11 is 0. The predicted molar refractivity (Wildman–Crippen MR) is 296 cm³/mol. The number of aryl methyl sites for hydroxylation is 3. The SMILES string of the molecule is CC[C@H]1CCN(c2c(F)cc3c(O)cc(=O)n(C4CC4)c3c2C)C1.CC[C@H]1CCN(c2c(F)cc3c(OS(=O)(=O)C(F)(F)F)cc(=O)n(C4CC4)c3c2C)C1.Cc1c(N2CC[C@H](CN)C2)c(F)cc2c(C#N)cc(=O)n(C3CC3)c12. The Labute approximate surface area is 458 Å². The van der Waals surface area contributed by atoms with Gasteiger partial charge in [-0.25, -0.2) is 13.2 Å². The van der Waals surface area contributed by atoms with E-state index in [0.717, 1.165) is 101 Å². The highest BCUT2D eigenvalue weighted by atomic mass is 32.2. The number of aromatic hydroxyl groups is 1. The first-order valence-electron chi connectivity index (χ1n) is 27.7. The Kier molecular flexibility index (Phi) is 15.3. The van der Waals surface area contributed by atoms with Gasteiger partial charge in [0, 0.05) is 91.8 Å². The fourth-order valence-corrected chi connectivity index (χ4v) is 12.9. The summed E-state index contributed by atoms with van der Waals surface area (Å²) in [6.07, 6.45) is 10.2. The molecule has 6 fully saturated rings. The van der Waals surface area contributed by atoms with Gasteiger partial charge >= 0.3 is 15.6 Å². The van der Waals surface area contributed by atoms with Gasteiger partial charge in [0.1, 0.15) is 29.3 Å². The largest absolute Gasteiger partial charge is 0.534 e. The van der Waals surface area contributed by atoms with Gasteiger partial charge in [-0.2, -0.15) is 26.9 Å². The second-order valence-corrected chi connectivity index (χ2v) is 24.1. The fourth-order valence-electron chi connectivity index (χ4n) is 12.5. The maximum Gasteiger partial charge on any atom is 0.534 e. The maximum atomic E-state index is 15.2. The van der Waals surface area contributed by atoms with Crippen molar-refractivity contribution in [1.82, 2.24) is 13.7 Å². The van der Waals surface area contributed by atoms with E-state index in [1.54, 1.807) is 16.1 Å². The smallest absolute Gasteiger partial charge is 0.507 e. The quantitative estimate of drug-likeness (QED) is 0.0711. The highest BCUT2D eigenvalue weighted by molar-refractivity contribution is 7.88. The summed E-state index contributed by atoms with van der Waals surface area (Å²) in [6.45, 7) is 14.6. The number of rotatable bonds is 11. The third-order valence-electron chi connectivity index (χ3n) is 17.1. The molecular weight excluding hydrogens is 1070 g/mol. The minimum atomic E-state index is -6.02. The molecule has 12 rings (SSSR count). The van der Waals surface area contributed by atoms with Gasteiger partial charge in [-0.3, -0.25) is 14.4 Å². The van der Waals surface area contributed by atoms with E-state index in [0.29, 0.717) is 95.0 Å². The van der Waals surface area contributed by atoms with Gasteiger partial charge in [0.25, 0.3) is 16.7 Å². The Hall–Kier alpha value is -6.73. The Morgan fingerprint density at radius 2 is 0.975 bits per heavy atom. The molecular formula is C58H66F6N8O7S. The lowest BCUT2D eigenvalue weighted by Crippen LogP contribution is -2.29. The van der Waals surface area contributed by atoms with Crippen LogP contribution in [0.5, 0.6) is 11.5 Å². The second kappa shape index (κ2) is 21.6. The minimum Gasteiger partial charge on any atom is -0.507 e. The number of halogens is 6. The van der Waals surface area contributed by atoms with Crippen LogP contribution in [0.15, 0.2) is 50.8 Å². The zero-order valence-corrected chi connectivity index (χ0v) is 46.3. The lowest BCUT2D eigenvalue weighted by Gasteiger charge is -2.25. The number of anilines is 3. The lowest BCUT2D eigenvalue weighted by molar-refractivity contribution is -0.0499. The number of nitrogens with two attached hydrogens (primary N) is 1. The molecule has 3 atom stereocenters. The molecule has 3 saturated heterocycles. The molecule has 6 aromatic rings. The second-order valence-electron chi connectivity index (χ2n) is 22.5. The third kappa shape index (κ3) is 10.5. The number of pyridine rings is 3. The number of hydrogen-bond donors (Lipinski definition) is 2. The molecule has 0 unspecified atom stereocenters. The number of hydrogen-bond acceptors (Lipinski definition) is 12. The Morgan fingerprint density at radius 1 is 0.600 bits per heavy atom. The van der Waals surface area contributed by atoms with Gasteiger partial charge in [0.15, 0.2) is 5.75 Å². The van der Waals surface area contributed by atoms with Gasteiger partial charge in [0.2, 0.25) is 0 Å². The van der Waals surface area contributed by atoms with Crippen molar-refractivity contribution in [2.45, 2.75) is 129 Å². The van der Waals surface area contributed by atoms with Crippen molar-refractivity contribution in [2.75, 3.05) is 60.5 Å². The summed E-state index contributed by atoms with van der Waals surface area (Å²) in [5, 5.41) is 20.3. The molecule has 22 heteroatoms. The molecule has 6 heterocycles. The summed E-state index contributed by atoms with van der Waals surface area (Å²) < 4.78 is 116. The van der Waals surface area contributed by atoms with Gasteiger partial charge in [-0.05, 0) is 138 Å². The van der Waals surface area contributed by atoms with E-state index < -0.39 is 32.8 Å². The van der Waals surface area contributed by atoms with Gasteiger partial charge in [0.05, 0.1) is 39.2 Å². The van der Waals surface area contributed by atoms with Gasteiger partial charge < -0.3 is 43.4 Å². The zero-order chi connectivity index (χ0) is 57.4. The van der Waals surface area contributed by atoms with E-state index in [1.807, 2.05) is 36.6 Å². The highest BCUT2D eigenvalue weighted by Crippen LogP contribution is 2.46. The van der Waals surface area contributed by atoms with Crippen LogP contribution in [-0.4, -0.2) is 78.5 Å². The average Bonchev–Trinajstić information content (AvgIpc) is 4.46. The first-order chi connectivity index (χ1) is 38.0. The summed E-state index contributed by atoms with van der Waals surface area (Å²) in [5.41, 5.74) is 4.21. The van der Waals surface area contributed by atoms with Crippen LogP contribution >= 0.6 is 0 Å².